The molecule has 0 heterocycles. The van der Waals surface area contributed by atoms with Crippen LogP contribution in [0.3, 0.4) is 0 Å². The molecule has 0 spiro atoms. The third-order valence-electron chi connectivity index (χ3n) is 2.79. The molecule has 9 heteroatoms. The first kappa shape index (κ1) is 21.6. The van der Waals surface area contributed by atoms with Gasteiger partial charge in [0, 0.05) is 26.7 Å². The molecule has 0 aliphatic carbocycles. The van der Waals surface area contributed by atoms with Crippen molar-refractivity contribution >= 4 is 34.0 Å². The van der Waals surface area contributed by atoms with Crippen LogP contribution in [0.25, 0.3) is 0 Å². The predicted octanol–water partition coefficient (Wildman–Crippen LogP) is 0.754. The Hall–Kier alpha value is -1.35. The maximum atomic E-state index is 12.2. The SMILES string of the molecule is COCCNCCNC(=O)c1cc(C)ccc1NS(C)(=O)=O.Cl. The number of hydrogen-bond acceptors (Lipinski definition) is 5. The number of aryl methyl sites for hydroxylation is 1. The molecule has 0 bridgehead atoms. The van der Waals surface area contributed by atoms with Gasteiger partial charge in [-0.15, -0.1) is 12.4 Å². The summed E-state index contributed by atoms with van der Waals surface area (Å²) in [5.74, 6) is -0.316. The number of rotatable bonds is 9. The maximum absolute atomic E-state index is 12.2. The number of ether oxygens (including phenoxy) is 1. The Labute approximate surface area is 143 Å². The van der Waals surface area contributed by atoms with Crippen LogP contribution in [0.2, 0.25) is 0 Å². The highest BCUT2D eigenvalue weighted by molar-refractivity contribution is 7.92. The summed E-state index contributed by atoms with van der Waals surface area (Å²) >= 11 is 0. The largest absolute Gasteiger partial charge is 0.383 e. The standard InChI is InChI=1S/C14H23N3O4S.ClH/c1-11-4-5-13(17-22(3,19)20)12(10-11)14(18)16-7-6-15-8-9-21-2;/h4-5,10,15,17H,6-9H2,1-3H3,(H,16,18);1H. The van der Waals surface area contributed by atoms with Gasteiger partial charge in [0.05, 0.1) is 24.1 Å². The Balaban J connectivity index is 0.00000484. The van der Waals surface area contributed by atoms with Crippen LogP contribution >= 0.6 is 12.4 Å². The zero-order valence-electron chi connectivity index (χ0n) is 13.5. The molecule has 0 saturated heterocycles. The third kappa shape index (κ3) is 8.75. The van der Waals surface area contributed by atoms with Gasteiger partial charge in [-0.2, -0.15) is 0 Å². The quantitative estimate of drug-likeness (QED) is 0.561. The van der Waals surface area contributed by atoms with Gasteiger partial charge in [-0.1, -0.05) is 11.6 Å². The average molecular weight is 366 g/mol. The summed E-state index contributed by atoms with van der Waals surface area (Å²) in [5.41, 5.74) is 1.46. The van der Waals surface area contributed by atoms with E-state index in [2.05, 4.69) is 15.4 Å². The Morgan fingerprint density at radius 3 is 2.52 bits per heavy atom. The van der Waals surface area contributed by atoms with Crippen LogP contribution in [0.15, 0.2) is 18.2 Å². The molecule has 7 nitrogen and oxygen atoms in total. The predicted molar refractivity (Wildman–Crippen MR) is 94.0 cm³/mol. The molecule has 0 radical (unpaired) electrons. The molecule has 1 rings (SSSR count). The topological polar surface area (TPSA) is 96.5 Å². The number of hydrogen-bond donors (Lipinski definition) is 3. The molecule has 3 N–H and O–H groups in total. The number of amides is 1. The van der Waals surface area contributed by atoms with E-state index < -0.39 is 10.0 Å². The number of carbonyl (C=O) groups is 1. The number of nitrogens with one attached hydrogen (secondary N) is 3. The van der Waals surface area contributed by atoms with E-state index in [1.54, 1.807) is 25.3 Å². The van der Waals surface area contributed by atoms with E-state index in [1.165, 1.54) is 0 Å². The first-order valence-corrected chi connectivity index (χ1v) is 8.79. The molecular weight excluding hydrogens is 342 g/mol. The van der Waals surface area contributed by atoms with E-state index in [-0.39, 0.29) is 24.0 Å². The lowest BCUT2D eigenvalue weighted by Gasteiger charge is -2.12. The highest BCUT2D eigenvalue weighted by Gasteiger charge is 2.14. The highest BCUT2D eigenvalue weighted by Crippen LogP contribution is 2.18. The number of halogens is 1. The van der Waals surface area contributed by atoms with E-state index in [1.807, 2.05) is 6.92 Å². The Kier molecular flexibility index (Phi) is 9.82. The highest BCUT2D eigenvalue weighted by atomic mass is 35.5. The van der Waals surface area contributed by atoms with Gasteiger partial charge in [-0.25, -0.2) is 8.42 Å². The lowest BCUT2D eigenvalue weighted by atomic mass is 10.1. The van der Waals surface area contributed by atoms with Crippen molar-refractivity contribution < 1.29 is 17.9 Å². The Morgan fingerprint density at radius 2 is 1.91 bits per heavy atom. The molecular formula is C14H24ClN3O4S. The molecule has 0 aliphatic rings. The second-order valence-electron chi connectivity index (χ2n) is 4.92. The molecule has 1 aromatic carbocycles. The summed E-state index contributed by atoms with van der Waals surface area (Å²) < 4.78 is 30.0. The monoisotopic (exact) mass is 365 g/mol. The van der Waals surface area contributed by atoms with E-state index in [0.717, 1.165) is 11.8 Å². The zero-order valence-corrected chi connectivity index (χ0v) is 15.1. The van der Waals surface area contributed by atoms with Crippen LogP contribution in [-0.2, 0) is 14.8 Å². The van der Waals surface area contributed by atoms with Crippen LogP contribution in [0.4, 0.5) is 5.69 Å². The molecule has 23 heavy (non-hydrogen) atoms. The number of methoxy groups -OCH3 is 1. The minimum Gasteiger partial charge on any atom is -0.383 e. The summed E-state index contributed by atoms with van der Waals surface area (Å²) in [4.78, 5) is 12.2. The number of benzene rings is 1. The maximum Gasteiger partial charge on any atom is 0.253 e. The summed E-state index contributed by atoms with van der Waals surface area (Å²) in [5, 5.41) is 5.86. The van der Waals surface area contributed by atoms with Gasteiger partial charge >= 0.3 is 0 Å². The molecule has 132 valence electrons. The first-order valence-electron chi connectivity index (χ1n) is 6.90. The molecule has 0 saturated carbocycles. The summed E-state index contributed by atoms with van der Waals surface area (Å²) in [6.07, 6.45) is 1.05. The van der Waals surface area contributed by atoms with Gasteiger partial charge in [0.2, 0.25) is 10.0 Å². The van der Waals surface area contributed by atoms with E-state index in [4.69, 9.17) is 4.74 Å². The fourth-order valence-corrected chi connectivity index (χ4v) is 2.37. The molecule has 0 fully saturated rings. The van der Waals surface area contributed by atoms with Gasteiger partial charge in [0.15, 0.2) is 0 Å². The summed E-state index contributed by atoms with van der Waals surface area (Å²) in [6.45, 7) is 4.20. The van der Waals surface area contributed by atoms with Gasteiger partial charge in [0.25, 0.3) is 5.91 Å². The molecule has 0 unspecified atom stereocenters. The van der Waals surface area contributed by atoms with Crippen molar-refractivity contribution in [2.24, 2.45) is 0 Å². The van der Waals surface area contributed by atoms with Crippen molar-refractivity contribution in [2.45, 2.75) is 6.92 Å². The van der Waals surface area contributed by atoms with E-state index in [0.29, 0.717) is 31.8 Å². The number of sulfonamides is 1. The Morgan fingerprint density at radius 1 is 1.22 bits per heavy atom. The van der Waals surface area contributed by atoms with Crippen molar-refractivity contribution in [3.63, 3.8) is 0 Å². The van der Waals surface area contributed by atoms with Gasteiger partial charge < -0.3 is 15.4 Å². The molecule has 0 aliphatic heterocycles. The van der Waals surface area contributed by atoms with Crippen molar-refractivity contribution in [3.05, 3.63) is 29.3 Å². The van der Waals surface area contributed by atoms with Crippen molar-refractivity contribution in [3.8, 4) is 0 Å². The lowest BCUT2D eigenvalue weighted by molar-refractivity contribution is 0.0954. The molecule has 1 amide bonds. The lowest BCUT2D eigenvalue weighted by Crippen LogP contribution is -2.33. The Bertz CT molecular complexity index is 608. The molecule has 0 atom stereocenters. The van der Waals surface area contributed by atoms with E-state index >= 15 is 0 Å². The minimum atomic E-state index is -3.44. The first-order chi connectivity index (χ1) is 10.3. The normalized spacial score (nSPS) is 10.7. The van der Waals surface area contributed by atoms with Crippen LogP contribution in [0, 0.1) is 6.92 Å². The second kappa shape index (κ2) is 10.4. The van der Waals surface area contributed by atoms with Crippen molar-refractivity contribution in [1.82, 2.24) is 10.6 Å². The van der Waals surface area contributed by atoms with Gasteiger partial charge in [-0.05, 0) is 19.1 Å². The fraction of sp³-hybridized carbons (Fsp3) is 0.500. The van der Waals surface area contributed by atoms with Crippen LogP contribution in [0.5, 0.6) is 0 Å². The molecule has 0 aromatic heterocycles. The van der Waals surface area contributed by atoms with E-state index in [9.17, 15) is 13.2 Å². The zero-order chi connectivity index (χ0) is 16.6. The van der Waals surface area contributed by atoms with Gasteiger partial charge in [0.1, 0.15) is 0 Å². The second-order valence-corrected chi connectivity index (χ2v) is 6.67. The van der Waals surface area contributed by atoms with Crippen LogP contribution in [0.1, 0.15) is 15.9 Å². The summed E-state index contributed by atoms with van der Waals surface area (Å²) in [7, 11) is -1.82. The van der Waals surface area contributed by atoms with Crippen molar-refractivity contribution in [2.75, 3.05) is 44.3 Å². The van der Waals surface area contributed by atoms with Gasteiger partial charge in [-0.3, -0.25) is 9.52 Å². The third-order valence-corrected chi connectivity index (χ3v) is 3.38. The average Bonchev–Trinajstić information content (AvgIpc) is 2.43. The summed E-state index contributed by atoms with van der Waals surface area (Å²) in [6, 6.07) is 4.99. The smallest absolute Gasteiger partial charge is 0.253 e. The molecule has 1 aromatic rings. The van der Waals surface area contributed by atoms with Crippen LogP contribution < -0.4 is 15.4 Å². The fourth-order valence-electron chi connectivity index (χ4n) is 1.79. The van der Waals surface area contributed by atoms with Crippen LogP contribution in [-0.4, -0.2) is 53.9 Å². The minimum absolute atomic E-state index is 0. The number of carbonyl (C=O) groups excluding carboxylic acids is 1. The van der Waals surface area contributed by atoms with Crippen molar-refractivity contribution in [1.29, 1.82) is 0 Å². The number of anilines is 1.